The van der Waals surface area contributed by atoms with Gasteiger partial charge < -0.3 is 0 Å². The topological polar surface area (TPSA) is 17.2 Å². The van der Waals surface area contributed by atoms with Crippen molar-refractivity contribution < 1.29 is 0 Å². The highest BCUT2D eigenvalue weighted by Gasteiger charge is 2.59. The lowest BCUT2D eigenvalue weighted by Crippen LogP contribution is -2.31. The van der Waals surface area contributed by atoms with Crippen LogP contribution >= 0.6 is 0 Å². The molecule has 0 saturated heterocycles. The van der Waals surface area contributed by atoms with E-state index in [1.807, 2.05) is 18.2 Å². The summed E-state index contributed by atoms with van der Waals surface area (Å²) in [7, 11) is 0. The van der Waals surface area contributed by atoms with Gasteiger partial charge in [-0.05, 0) is 62.9 Å². The Morgan fingerprint density at radius 2 is 1.88 bits per heavy atom. The van der Waals surface area contributed by atoms with Crippen molar-refractivity contribution in [1.29, 1.82) is 0 Å². The second-order valence-electron chi connectivity index (χ2n) is 8.18. The Labute approximate surface area is 142 Å². The van der Waals surface area contributed by atoms with Crippen molar-refractivity contribution >= 4 is 27.4 Å². The molecule has 2 aliphatic carbocycles. The van der Waals surface area contributed by atoms with Gasteiger partial charge in [-0.1, -0.05) is 45.0 Å². The predicted octanol–water partition coefficient (Wildman–Crippen LogP) is 6.11. The summed E-state index contributed by atoms with van der Waals surface area (Å²) in [4.78, 5) is 8.69. The lowest BCUT2D eigenvalue weighted by molar-refractivity contribution is 0.232. The van der Waals surface area contributed by atoms with Gasteiger partial charge in [0, 0.05) is 6.20 Å². The summed E-state index contributed by atoms with van der Waals surface area (Å²) in [5, 5.41) is 3.32. The highest BCUT2D eigenvalue weighted by atomic mass is 14.7. The highest BCUT2D eigenvalue weighted by molar-refractivity contribution is 6.12. The summed E-state index contributed by atoms with van der Waals surface area (Å²) in [5.41, 5.74) is 5.13. The van der Waals surface area contributed by atoms with Crippen LogP contribution in [0, 0.1) is 12.0 Å². The van der Waals surface area contributed by atoms with Crippen LogP contribution in [0.2, 0.25) is 0 Å². The van der Waals surface area contributed by atoms with E-state index >= 15 is 0 Å². The maximum atomic E-state index is 7.63. The van der Waals surface area contributed by atoms with Crippen LogP contribution in [0.4, 0.5) is 5.69 Å². The fraction of sp³-hybridized carbons (Fsp3) is 0.364. The molecule has 3 aromatic rings. The number of fused-ring (bicyclic) bond motifs is 9. The SMILES string of the molecule is [C-]#[N+]c1cc2c3c(cnc2c2ccccc12)[C@@H]1CC[C@@]3(C)C1(C)C. The second kappa shape index (κ2) is 4.16. The van der Waals surface area contributed by atoms with Gasteiger partial charge in [0.15, 0.2) is 5.69 Å². The largest absolute Gasteiger partial charge is 0.255 e. The number of pyridine rings is 1. The van der Waals surface area contributed by atoms with E-state index in [1.54, 1.807) is 0 Å². The first-order chi connectivity index (χ1) is 11.5. The standard InChI is InChI=1S/C22H20N2/c1-21(2)17-9-10-22(21,3)19-15-11-18(23-4)13-7-5-6-8-14(13)20(15)24-12-16(17)19/h5-8,11-12,17H,9-10H2,1-3H3/t17-,22+/m0/s1. The Morgan fingerprint density at radius 3 is 2.62 bits per heavy atom. The molecule has 0 spiro atoms. The van der Waals surface area contributed by atoms with Crippen LogP contribution in [-0.4, -0.2) is 4.98 Å². The van der Waals surface area contributed by atoms with Crippen LogP contribution in [0.1, 0.15) is 50.7 Å². The fourth-order valence-electron chi connectivity index (χ4n) is 5.49. The van der Waals surface area contributed by atoms with Gasteiger partial charge in [-0.15, -0.1) is 0 Å². The molecule has 0 amide bonds. The van der Waals surface area contributed by atoms with E-state index in [4.69, 9.17) is 11.6 Å². The number of aromatic nitrogens is 1. The minimum Gasteiger partial charge on any atom is -0.255 e. The first kappa shape index (κ1) is 14.0. The van der Waals surface area contributed by atoms with Crippen molar-refractivity contribution in [2.75, 3.05) is 0 Å². The molecule has 2 heteroatoms. The number of nitrogens with zero attached hydrogens (tertiary/aromatic N) is 2. The Bertz CT molecular complexity index is 1070. The average Bonchev–Trinajstić information content (AvgIpc) is 2.92. The van der Waals surface area contributed by atoms with Gasteiger partial charge in [0.2, 0.25) is 0 Å². The van der Waals surface area contributed by atoms with E-state index in [2.05, 4.69) is 43.9 Å². The number of hydrogen-bond acceptors (Lipinski definition) is 1. The molecule has 0 unspecified atom stereocenters. The molecule has 24 heavy (non-hydrogen) atoms. The Kier molecular flexibility index (Phi) is 2.43. The van der Waals surface area contributed by atoms with Crippen LogP contribution in [-0.2, 0) is 5.41 Å². The molecule has 2 aliphatic rings. The van der Waals surface area contributed by atoms with Crippen LogP contribution in [0.25, 0.3) is 26.5 Å². The summed E-state index contributed by atoms with van der Waals surface area (Å²) >= 11 is 0. The molecular formula is C22H20N2. The molecule has 2 aromatic carbocycles. The lowest BCUT2D eigenvalue weighted by atomic mass is 9.68. The molecule has 1 saturated carbocycles. The normalized spacial score (nSPS) is 26.7. The van der Waals surface area contributed by atoms with E-state index in [1.165, 1.54) is 29.4 Å². The van der Waals surface area contributed by atoms with E-state index in [0.29, 0.717) is 5.92 Å². The van der Waals surface area contributed by atoms with Crippen LogP contribution in [0.3, 0.4) is 0 Å². The molecule has 2 atom stereocenters. The molecule has 1 heterocycles. The Hall–Kier alpha value is -2.40. The predicted molar refractivity (Wildman–Crippen MR) is 98.6 cm³/mol. The molecule has 0 aliphatic heterocycles. The fourth-order valence-corrected chi connectivity index (χ4v) is 5.49. The Morgan fingerprint density at radius 1 is 1.12 bits per heavy atom. The van der Waals surface area contributed by atoms with Crippen molar-refractivity contribution in [3.05, 3.63) is 59.1 Å². The maximum absolute atomic E-state index is 7.63. The summed E-state index contributed by atoms with van der Waals surface area (Å²) in [6, 6.07) is 10.3. The first-order valence-corrected chi connectivity index (χ1v) is 8.71. The van der Waals surface area contributed by atoms with Gasteiger partial charge in [-0.25, -0.2) is 4.85 Å². The molecule has 0 N–H and O–H groups in total. The number of hydrogen-bond donors (Lipinski definition) is 0. The van der Waals surface area contributed by atoms with Gasteiger partial charge in [0.25, 0.3) is 0 Å². The number of benzene rings is 2. The van der Waals surface area contributed by atoms with E-state index in [0.717, 1.165) is 22.0 Å². The molecule has 2 bridgehead atoms. The van der Waals surface area contributed by atoms with E-state index in [9.17, 15) is 0 Å². The summed E-state index contributed by atoms with van der Waals surface area (Å²) in [6.07, 6.45) is 4.61. The van der Waals surface area contributed by atoms with Gasteiger partial charge in [-0.3, -0.25) is 4.98 Å². The van der Waals surface area contributed by atoms with Crippen molar-refractivity contribution in [1.82, 2.24) is 4.98 Å². The Balaban J connectivity index is 2.00. The minimum absolute atomic E-state index is 0.177. The highest BCUT2D eigenvalue weighted by Crippen LogP contribution is 2.68. The van der Waals surface area contributed by atoms with Gasteiger partial charge in [0.1, 0.15) is 0 Å². The van der Waals surface area contributed by atoms with Crippen molar-refractivity contribution in [2.24, 2.45) is 5.41 Å². The molecule has 1 aromatic heterocycles. The minimum atomic E-state index is 0.177. The van der Waals surface area contributed by atoms with Crippen LogP contribution in [0.5, 0.6) is 0 Å². The van der Waals surface area contributed by atoms with Gasteiger partial charge in [0.05, 0.1) is 12.1 Å². The second-order valence-corrected chi connectivity index (χ2v) is 8.18. The lowest BCUT2D eigenvalue weighted by Gasteiger charge is -2.36. The summed E-state index contributed by atoms with van der Waals surface area (Å²) in [5.74, 6) is 0.595. The summed E-state index contributed by atoms with van der Waals surface area (Å²) in [6.45, 7) is 14.9. The zero-order valence-electron chi connectivity index (χ0n) is 14.4. The molecule has 0 radical (unpaired) electrons. The van der Waals surface area contributed by atoms with Crippen LogP contribution < -0.4 is 0 Å². The molecule has 5 rings (SSSR count). The zero-order valence-corrected chi connectivity index (χ0v) is 14.4. The van der Waals surface area contributed by atoms with Crippen molar-refractivity contribution in [3.8, 4) is 0 Å². The molecule has 1 fully saturated rings. The molecular weight excluding hydrogens is 292 g/mol. The van der Waals surface area contributed by atoms with Crippen molar-refractivity contribution in [3.63, 3.8) is 0 Å². The monoisotopic (exact) mass is 312 g/mol. The third-order valence-electron chi connectivity index (χ3n) is 7.16. The average molecular weight is 312 g/mol. The van der Waals surface area contributed by atoms with Gasteiger partial charge in [-0.2, -0.15) is 0 Å². The quantitative estimate of drug-likeness (QED) is 0.361. The first-order valence-electron chi connectivity index (χ1n) is 8.71. The van der Waals surface area contributed by atoms with Crippen molar-refractivity contribution in [2.45, 2.75) is 44.9 Å². The van der Waals surface area contributed by atoms with E-state index in [-0.39, 0.29) is 10.8 Å². The third kappa shape index (κ3) is 1.36. The van der Waals surface area contributed by atoms with Gasteiger partial charge >= 0.3 is 0 Å². The number of rotatable bonds is 0. The van der Waals surface area contributed by atoms with E-state index < -0.39 is 0 Å². The molecule has 2 nitrogen and oxygen atoms in total. The zero-order chi connectivity index (χ0) is 16.7. The molecule has 118 valence electrons. The van der Waals surface area contributed by atoms with Crippen LogP contribution in [0.15, 0.2) is 36.5 Å². The summed E-state index contributed by atoms with van der Waals surface area (Å²) < 4.78 is 0. The maximum Gasteiger partial charge on any atom is 0.195 e. The third-order valence-corrected chi connectivity index (χ3v) is 7.16. The smallest absolute Gasteiger partial charge is 0.195 e.